The van der Waals surface area contributed by atoms with Gasteiger partial charge in [-0.15, -0.1) is 0 Å². The zero-order valence-electron chi connectivity index (χ0n) is 14.4. The largest absolute Gasteiger partial charge is 0.341 e. The lowest BCUT2D eigenvalue weighted by molar-refractivity contribution is -0.133. The second-order valence-electron chi connectivity index (χ2n) is 8.03. The van der Waals surface area contributed by atoms with Crippen molar-refractivity contribution in [3.05, 3.63) is 0 Å². The first-order chi connectivity index (χ1) is 10.7. The summed E-state index contributed by atoms with van der Waals surface area (Å²) in [5, 5.41) is 3.91. The minimum Gasteiger partial charge on any atom is -0.341 e. The molecule has 126 valence electrons. The van der Waals surface area contributed by atoms with Gasteiger partial charge in [-0.3, -0.25) is 4.79 Å². The maximum absolute atomic E-state index is 12.4. The topological polar surface area (TPSA) is 32.3 Å². The Hall–Kier alpha value is -0.570. The number of carbonyl (C=O) groups is 1. The number of amides is 1. The van der Waals surface area contributed by atoms with E-state index in [9.17, 15) is 4.79 Å². The number of nitrogens with zero attached hydrogens (tertiary/aromatic N) is 1. The Bertz CT molecular complexity index is 360. The Labute approximate surface area is 136 Å². The first kappa shape index (κ1) is 16.3. The van der Waals surface area contributed by atoms with Gasteiger partial charge in [-0.05, 0) is 43.9 Å². The number of carbonyl (C=O) groups excluding carboxylic acids is 1. The van der Waals surface area contributed by atoms with Crippen LogP contribution in [0.4, 0.5) is 0 Å². The molecule has 2 unspecified atom stereocenters. The molecule has 3 aliphatic rings. The van der Waals surface area contributed by atoms with Crippen LogP contribution in [0.3, 0.4) is 0 Å². The molecule has 3 heteroatoms. The van der Waals surface area contributed by atoms with Crippen molar-refractivity contribution in [3.63, 3.8) is 0 Å². The summed E-state index contributed by atoms with van der Waals surface area (Å²) in [6, 6.07) is 1.25. The van der Waals surface area contributed by atoms with Crippen molar-refractivity contribution in [3.8, 4) is 0 Å². The average molecular weight is 306 g/mol. The number of piperidine rings is 1. The summed E-state index contributed by atoms with van der Waals surface area (Å²) in [5.74, 6) is 2.10. The maximum Gasteiger partial charge on any atom is 0.222 e. The van der Waals surface area contributed by atoms with Crippen molar-refractivity contribution in [2.75, 3.05) is 13.1 Å². The molecule has 2 aliphatic carbocycles. The molecule has 1 aliphatic heterocycles. The molecule has 1 saturated heterocycles. The number of likely N-dealkylation sites (tertiary alicyclic amines) is 1. The first-order valence-corrected chi connectivity index (χ1v) is 9.78. The van der Waals surface area contributed by atoms with Crippen LogP contribution in [-0.4, -0.2) is 36.0 Å². The van der Waals surface area contributed by atoms with Gasteiger partial charge in [0.25, 0.3) is 0 Å². The Balaban J connectivity index is 1.56. The molecule has 0 aromatic heterocycles. The minimum absolute atomic E-state index is 0.387. The Kier molecular flexibility index (Phi) is 5.78. The fourth-order valence-corrected chi connectivity index (χ4v) is 4.50. The van der Waals surface area contributed by atoms with Gasteiger partial charge < -0.3 is 10.2 Å². The van der Waals surface area contributed by atoms with Crippen molar-refractivity contribution in [1.82, 2.24) is 10.2 Å². The van der Waals surface area contributed by atoms with Crippen LogP contribution in [0.1, 0.15) is 77.6 Å². The second kappa shape index (κ2) is 7.81. The van der Waals surface area contributed by atoms with Crippen LogP contribution in [0.2, 0.25) is 0 Å². The van der Waals surface area contributed by atoms with Crippen LogP contribution in [-0.2, 0) is 4.79 Å². The van der Waals surface area contributed by atoms with E-state index in [1.165, 1.54) is 57.8 Å². The van der Waals surface area contributed by atoms with Crippen molar-refractivity contribution in [2.24, 2.45) is 11.8 Å². The standard InChI is InChI=1S/C19H34N2O/c1-2-6-19(22)21-13-16(11-15-9-10-15)12-18(14-21)20-17-7-4-3-5-8-17/h15-18,20H,2-14H2,1H3. The molecule has 2 saturated carbocycles. The molecule has 1 N–H and O–H groups in total. The normalized spacial score (nSPS) is 30.5. The Morgan fingerprint density at radius 1 is 1.00 bits per heavy atom. The molecule has 0 spiro atoms. The van der Waals surface area contributed by atoms with Crippen molar-refractivity contribution in [2.45, 2.75) is 89.6 Å². The van der Waals surface area contributed by atoms with Gasteiger partial charge in [0.2, 0.25) is 5.91 Å². The van der Waals surface area contributed by atoms with Gasteiger partial charge in [0.05, 0.1) is 0 Å². The van der Waals surface area contributed by atoms with Crippen molar-refractivity contribution >= 4 is 5.91 Å². The molecule has 0 aromatic carbocycles. The van der Waals surface area contributed by atoms with Gasteiger partial charge in [0.1, 0.15) is 0 Å². The zero-order valence-corrected chi connectivity index (χ0v) is 14.4. The first-order valence-electron chi connectivity index (χ1n) is 9.78. The van der Waals surface area contributed by atoms with Gasteiger partial charge in [0, 0.05) is 31.6 Å². The van der Waals surface area contributed by atoms with E-state index in [2.05, 4.69) is 17.1 Å². The van der Waals surface area contributed by atoms with E-state index >= 15 is 0 Å². The summed E-state index contributed by atoms with van der Waals surface area (Å²) < 4.78 is 0. The lowest BCUT2D eigenvalue weighted by Crippen LogP contribution is -2.53. The van der Waals surface area contributed by atoms with E-state index in [0.717, 1.165) is 37.8 Å². The summed E-state index contributed by atoms with van der Waals surface area (Å²) in [7, 11) is 0. The molecule has 22 heavy (non-hydrogen) atoms. The van der Waals surface area contributed by atoms with Crippen LogP contribution in [0.15, 0.2) is 0 Å². The van der Waals surface area contributed by atoms with Crippen molar-refractivity contribution < 1.29 is 4.79 Å². The SMILES string of the molecule is CCCC(=O)N1CC(CC2CC2)CC(NC2CCCCC2)C1. The van der Waals surface area contributed by atoms with Crippen LogP contribution in [0.5, 0.6) is 0 Å². The van der Waals surface area contributed by atoms with Gasteiger partial charge in [-0.25, -0.2) is 0 Å². The smallest absolute Gasteiger partial charge is 0.222 e. The summed E-state index contributed by atoms with van der Waals surface area (Å²) in [6.45, 7) is 4.09. The van der Waals surface area contributed by atoms with Crippen LogP contribution in [0, 0.1) is 11.8 Å². The van der Waals surface area contributed by atoms with Crippen LogP contribution < -0.4 is 5.32 Å². The third kappa shape index (κ3) is 4.71. The fraction of sp³-hybridized carbons (Fsp3) is 0.947. The molecular weight excluding hydrogens is 272 g/mol. The minimum atomic E-state index is 0.387. The van der Waals surface area contributed by atoms with Crippen LogP contribution in [0.25, 0.3) is 0 Å². The van der Waals surface area contributed by atoms with Gasteiger partial charge in [-0.2, -0.15) is 0 Å². The van der Waals surface area contributed by atoms with Gasteiger partial charge in [-0.1, -0.05) is 39.0 Å². The van der Waals surface area contributed by atoms with Gasteiger partial charge in [0.15, 0.2) is 0 Å². The average Bonchev–Trinajstić information content (AvgIpc) is 3.32. The summed E-state index contributed by atoms with van der Waals surface area (Å²) in [6.07, 6.45) is 14.1. The number of hydrogen-bond donors (Lipinski definition) is 1. The fourth-order valence-electron chi connectivity index (χ4n) is 4.50. The van der Waals surface area contributed by atoms with E-state index in [0.29, 0.717) is 18.0 Å². The summed E-state index contributed by atoms with van der Waals surface area (Å²) >= 11 is 0. The Morgan fingerprint density at radius 3 is 2.45 bits per heavy atom. The number of rotatable bonds is 6. The van der Waals surface area contributed by atoms with Crippen molar-refractivity contribution in [1.29, 1.82) is 0 Å². The summed E-state index contributed by atoms with van der Waals surface area (Å²) in [5.41, 5.74) is 0. The highest BCUT2D eigenvalue weighted by Crippen LogP contribution is 2.38. The predicted octanol–water partition coefficient (Wildman–Crippen LogP) is 3.73. The molecule has 0 bridgehead atoms. The maximum atomic E-state index is 12.4. The third-order valence-corrected chi connectivity index (χ3v) is 5.79. The molecule has 3 fully saturated rings. The van der Waals surface area contributed by atoms with Gasteiger partial charge >= 0.3 is 0 Å². The summed E-state index contributed by atoms with van der Waals surface area (Å²) in [4.78, 5) is 14.6. The molecule has 0 radical (unpaired) electrons. The molecule has 1 amide bonds. The highest BCUT2D eigenvalue weighted by Gasteiger charge is 2.34. The zero-order chi connectivity index (χ0) is 15.4. The number of nitrogens with one attached hydrogen (secondary N) is 1. The van der Waals surface area contributed by atoms with E-state index < -0.39 is 0 Å². The van der Waals surface area contributed by atoms with E-state index in [1.807, 2.05) is 0 Å². The van der Waals surface area contributed by atoms with E-state index in [4.69, 9.17) is 0 Å². The quantitative estimate of drug-likeness (QED) is 0.811. The highest BCUT2D eigenvalue weighted by molar-refractivity contribution is 5.76. The van der Waals surface area contributed by atoms with Crippen LogP contribution >= 0.6 is 0 Å². The molecule has 3 nitrogen and oxygen atoms in total. The molecule has 0 aromatic rings. The highest BCUT2D eigenvalue weighted by atomic mass is 16.2. The lowest BCUT2D eigenvalue weighted by Gasteiger charge is -2.40. The molecular formula is C19H34N2O. The third-order valence-electron chi connectivity index (χ3n) is 5.79. The number of hydrogen-bond acceptors (Lipinski definition) is 2. The second-order valence-corrected chi connectivity index (χ2v) is 8.03. The molecule has 2 atom stereocenters. The van der Waals surface area contributed by atoms with E-state index in [-0.39, 0.29) is 0 Å². The predicted molar refractivity (Wildman–Crippen MR) is 90.7 cm³/mol. The lowest BCUT2D eigenvalue weighted by atomic mass is 9.87. The van der Waals surface area contributed by atoms with E-state index in [1.54, 1.807) is 0 Å². The monoisotopic (exact) mass is 306 g/mol. The molecule has 3 rings (SSSR count). The molecule has 1 heterocycles. The Morgan fingerprint density at radius 2 is 1.77 bits per heavy atom.